The summed E-state index contributed by atoms with van der Waals surface area (Å²) in [5.74, 6) is 1.47. The minimum atomic E-state index is -0.720. The van der Waals surface area contributed by atoms with Gasteiger partial charge in [-0.25, -0.2) is 14.8 Å². The van der Waals surface area contributed by atoms with Crippen LogP contribution in [0.15, 0.2) is 60.8 Å². The lowest BCUT2D eigenvalue weighted by Crippen LogP contribution is -2.55. The first kappa shape index (κ1) is 42.4. The summed E-state index contributed by atoms with van der Waals surface area (Å²) in [6.45, 7) is 7.83. The average Bonchev–Trinajstić information content (AvgIpc) is 3.91. The number of nitrogens with zero attached hydrogens (tertiary/aromatic N) is 3. The number of amides is 3. The van der Waals surface area contributed by atoms with E-state index in [0.29, 0.717) is 45.0 Å². The van der Waals surface area contributed by atoms with Gasteiger partial charge in [-0.1, -0.05) is 63.9 Å². The Labute approximate surface area is 334 Å². The molecule has 0 spiro atoms. The monoisotopic (exact) mass is 780 g/mol. The largest absolute Gasteiger partial charge is 0.487 e. The van der Waals surface area contributed by atoms with Crippen molar-refractivity contribution in [2.45, 2.75) is 77.8 Å². The van der Waals surface area contributed by atoms with E-state index >= 15 is 0 Å². The normalized spacial score (nSPS) is 15.0. The molecule has 1 fully saturated rings. The van der Waals surface area contributed by atoms with Crippen LogP contribution in [-0.2, 0) is 30.2 Å². The van der Waals surface area contributed by atoms with Gasteiger partial charge in [0.1, 0.15) is 23.7 Å². The molecule has 3 amide bonds. The summed E-state index contributed by atoms with van der Waals surface area (Å²) in [5.41, 5.74) is 5.85. The summed E-state index contributed by atoms with van der Waals surface area (Å²) in [7, 11) is 2.73. The average molecular weight is 781 g/mol. The number of nitrogens with one attached hydrogen (secondary N) is 5. The molecule has 2 aromatic heterocycles. The van der Waals surface area contributed by atoms with Crippen molar-refractivity contribution < 1.29 is 28.6 Å². The molecule has 1 aliphatic heterocycles. The van der Waals surface area contributed by atoms with Crippen LogP contribution in [0.2, 0.25) is 0 Å². The number of imidazole rings is 2. The Morgan fingerprint density at radius 1 is 1.00 bits per heavy atom. The predicted molar refractivity (Wildman–Crippen MR) is 222 cm³/mol. The highest BCUT2D eigenvalue weighted by atomic mass is 16.5. The van der Waals surface area contributed by atoms with E-state index in [1.807, 2.05) is 26.1 Å². The van der Waals surface area contributed by atoms with Gasteiger partial charge in [0, 0.05) is 31.5 Å². The van der Waals surface area contributed by atoms with Gasteiger partial charge in [-0.15, -0.1) is 0 Å². The van der Waals surface area contributed by atoms with Crippen LogP contribution in [0.1, 0.15) is 77.0 Å². The number of unbranched alkanes of at least 4 members (excludes halogenated alkanes) is 2. The summed E-state index contributed by atoms with van der Waals surface area (Å²) >= 11 is 0. The number of aromatic amines is 2. The summed E-state index contributed by atoms with van der Waals surface area (Å²) in [6, 6.07) is 17.9. The first-order valence-electron chi connectivity index (χ1n) is 19.8. The molecular weight excluding hydrogens is 725 g/mol. The number of aromatic nitrogens is 4. The van der Waals surface area contributed by atoms with E-state index in [4.69, 9.17) is 19.9 Å². The van der Waals surface area contributed by atoms with Gasteiger partial charge < -0.3 is 39.7 Å². The molecule has 304 valence electrons. The van der Waals surface area contributed by atoms with Gasteiger partial charge in [0.05, 0.1) is 50.4 Å². The van der Waals surface area contributed by atoms with Crippen LogP contribution in [0.5, 0.6) is 0 Å². The summed E-state index contributed by atoms with van der Waals surface area (Å²) < 4.78 is 14.7. The second kappa shape index (κ2) is 21.0. The van der Waals surface area contributed by atoms with Gasteiger partial charge in [-0.05, 0) is 71.3 Å². The molecule has 6 rings (SSSR count). The Kier molecular flexibility index (Phi) is 15.6. The maximum absolute atomic E-state index is 13.8. The van der Waals surface area contributed by atoms with Crippen molar-refractivity contribution in [2.24, 2.45) is 5.92 Å². The number of ether oxygens (including phenoxy) is 3. The quantitative estimate of drug-likeness (QED) is 0.0392. The Hall–Kier alpha value is -5.76. The van der Waals surface area contributed by atoms with Crippen molar-refractivity contribution in [3.63, 3.8) is 0 Å². The van der Waals surface area contributed by atoms with Crippen LogP contribution < -0.4 is 10.6 Å². The summed E-state index contributed by atoms with van der Waals surface area (Å²) in [4.78, 5) is 55.9. The molecule has 1 saturated heterocycles. The van der Waals surface area contributed by atoms with E-state index in [1.54, 1.807) is 4.90 Å². The molecule has 5 aromatic rings. The summed E-state index contributed by atoms with van der Waals surface area (Å²) in [5, 5.41) is 14.1. The van der Waals surface area contributed by atoms with Gasteiger partial charge in [0.2, 0.25) is 11.8 Å². The van der Waals surface area contributed by atoms with Gasteiger partial charge in [-0.2, -0.15) is 0 Å². The molecule has 3 atom stereocenters. The molecule has 3 heterocycles. The fraction of sp³-hybridized carbons (Fsp3) is 0.442. The van der Waals surface area contributed by atoms with E-state index in [0.717, 1.165) is 88.5 Å². The number of carbonyl (C=O) groups excluding carboxylic acids is 3. The number of H-pyrrole nitrogens is 2. The Morgan fingerprint density at radius 3 is 2.44 bits per heavy atom. The smallest absolute Gasteiger partial charge is 0.407 e. The molecule has 3 aromatic carbocycles. The zero-order valence-electron chi connectivity index (χ0n) is 33.7. The second-order valence-corrected chi connectivity index (χ2v) is 14.3. The number of hydrogen-bond acceptors (Lipinski definition) is 9. The molecule has 14 nitrogen and oxygen atoms in total. The van der Waals surface area contributed by atoms with Crippen LogP contribution in [0.3, 0.4) is 0 Å². The zero-order valence-corrected chi connectivity index (χ0v) is 33.7. The molecule has 14 heteroatoms. The fourth-order valence-corrected chi connectivity index (χ4v) is 6.81. The van der Waals surface area contributed by atoms with Crippen LogP contribution >= 0.6 is 0 Å². The van der Waals surface area contributed by atoms with Crippen molar-refractivity contribution in [2.75, 3.05) is 40.5 Å². The van der Waals surface area contributed by atoms with Crippen molar-refractivity contribution in [1.82, 2.24) is 35.5 Å². The van der Waals surface area contributed by atoms with Crippen molar-refractivity contribution in [3.05, 3.63) is 72.4 Å². The lowest BCUT2D eigenvalue weighted by atomic mass is 9.97. The maximum Gasteiger partial charge on any atom is 0.407 e. The third-order valence-electron chi connectivity index (χ3n) is 10.3. The van der Waals surface area contributed by atoms with Crippen LogP contribution in [0.4, 0.5) is 4.79 Å². The van der Waals surface area contributed by atoms with E-state index < -0.39 is 18.2 Å². The van der Waals surface area contributed by atoms with Gasteiger partial charge in [-0.3, -0.25) is 15.0 Å². The predicted octanol–water partition coefficient (Wildman–Crippen LogP) is 7.31. The third-order valence-corrected chi connectivity index (χ3v) is 10.3. The van der Waals surface area contributed by atoms with Crippen molar-refractivity contribution in [3.8, 4) is 22.4 Å². The zero-order chi connectivity index (χ0) is 40.7. The molecular formula is C43H56N8O6. The number of benzene rings is 3. The molecule has 0 radical (unpaired) electrons. The van der Waals surface area contributed by atoms with Crippen LogP contribution in [0.25, 0.3) is 44.2 Å². The number of carbonyl (C=O) groups is 3. The first-order valence-corrected chi connectivity index (χ1v) is 19.8. The van der Waals surface area contributed by atoms with Gasteiger partial charge >= 0.3 is 6.09 Å². The number of aryl methyl sites for hydroxylation is 1. The topological polar surface area (TPSA) is 187 Å². The highest BCUT2D eigenvalue weighted by Gasteiger charge is 2.37. The first-order chi connectivity index (χ1) is 27.7. The molecule has 57 heavy (non-hydrogen) atoms. The molecule has 0 saturated carbocycles. The van der Waals surface area contributed by atoms with Gasteiger partial charge in [0.15, 0.2) is 6.40 Å². The molecule has 5 N–H and O–H groups in total. The SMILES string of the molecule is CCCCC(=O)NCCCCc1ncc(-c2ccc3cc(-c4ccc5nc(C6COCCN6C(=O)C(NC(=O)OC)C(C)CC)[nH]c5c4)ccc3c2)[nH]1.COC=N. The Bertz CT molecular complexity index is 2110. The van der Waals surface area contributed by atoms with E-state index in [2.05, 4.69) is 85.8 Å². The van der Waals surface area contributed by atoms with Crippen molar-refractivity contribution >= 4 is 46.1 Å². The number of fused-ring (bicyclic) bond motifs is 2. The number of rotatable bonds is 16. The lowest BCUT2D eigenvalue weighted by molar-refractivity contribution is -0.144. The Morgan fingerprint density at radius 2 is 1.72 bits per heavy atom. The molecule has 0 aliphatic carbocycles. The van der Waals surface area contributed by atoms with Crippen molar-refractivity contribution in [1.29, 1.82) is 5.41 Å². The summed E-state index contributed by atoms with van der Waals surface area (Å²) in [6.07, 6.45) is 8.14. The number of hydrogen-bond donors (Lipinski definition) is 5. The standard InChI is InChI=1S/C41H51N7O5.C2H5NO/c1-5-7-11-37(49)42-18-9-8-10-36-43-24-34(44-36)31-15-14-27-21-28(12-13-29(27)22-31)30-16-17-32-33(23-30)46-39(45-32)35-25-53-20-19-48(35)40(50)38(26(3)6-2)47-41(51)52-4;1-4-2-3/h12-17,21-24,26,35,38H,5-11,18-20,25H2,1-4H3,(H,42,49)(H,43,44)(H,45,46)(H,47,51);2-3H,1H3. The Balaban J connectivity index is 0.00000148. The van der Waals surface area contributed by atoms with Crippen LogP contribution in [0, 0.1) is 11.3 Å². The van der Waals surface area contributed by atoms with E-state index in [1.165, 1.54) is 14.2 Å². The number of alkyl carbamates (subject to hydrolysis) is 1. The van der Waals surface area contributed by atoms with Gasteiger partial charge in [0.25, 0.3) is 0 Å². The maximum atomic E-state index is 13.8. The molecule has 3 unspecified atom stereocenters. The molecule has 0 bridgehead atoms. The highest BCUT2D eigenvalue weighted by molar-refractivity contribution is 5.92. The molecule has 1 aliphatic rings. The second-order valence-electron chi connectivity index (χ2n) is 14.3. The van der Waals surface area contributed by atoms with E-state index in [9.17, 15) is 14.4 Å². The highest BCUT2D eigenvalue weighted by Crippen LogP contribution is 2.31. The third kappa shape index (κ3) is 11.2. The fourth-order valence-electron chi connectivity index (χ4n) is 6.81. The lowest BCUT2D eigenvalue weighted by Gasteiger charge is -2.37. The van der Waals surface area contributed by atoms with Crippen LogP contribution in [-0.4, -0.2) is 95.7 Å². The van der Waals surface area contributed by atoms with E-state index in [-0.39, 0.29) is 17.7 Å². The number of morpholine rings is 1. The minimum absolute atomic E-state index is 0.0849. The number of methoxy groups -OCH3 is 2. The minimum Gasteiger partial charge on any atom is -0.487 e.